The maximum atomic E-state index is 12.2. The zero-order valence-corrected chi connectivity index (χ0v) is 11.2. The molecule has 1 amide bonds. The number of carbonyl (C=O) groups excluding carboxylic acids is 2. The number of hydrogen-bond donors (Lipinski definition) is 0. The molecule has 0 aromatic heterocycles. The van der Waals surface area contributed by atoms with Crippen LogP contribution in [0.1, 0.15) is 26.7 Å². The SMILES string of the molecule is CC(C)C(=O)/C(=C/N(C)C)C(=O)N1CCCC1. The van der Waals surface area contributed by atoms with E-state index in [1.54, 1.807) is 16.0 Å². The summed E-state index contributed by atoms with van der Waals surface area (Å²) in [5, 5.41) is 0. The summed E-state index contributed by atoms with van der Waals surface area (Å²) < 4.78 is 0. The van der Waals surface area contributed by atoms with E-state index in [4.69, 9.17) is 0 Å². The van der Waals surface area contributed by atoms with E-state index in [-0.39, 0.29) is 17.6 Å². The van der Waals surface area contributed by atoms with Crippen LogP contribution >= 0.6 is 0 Å². The molecular weight excluding hydrogens is 216 g/mol. The van der Waals surface area contributed by atoms with E-state index >= 15 is 0 Å². The predicted octanol–water partition coefficient (Wildman–Crippen LogP) is 1.28. The minimum Gasteiger partial charge on any atom is -0.383 e. The molecule has 0 bridgehead atoms. The number of hydrogen-bond acceptors (Lipinski definition) is 3. The fourth-order valence-electron chi connectivity index (χ4n) is 1.88. The maximum absolute atomic E-state index is 12.2. The lowest BCUT2D eigenvalue weighted by atomic mass is 10.0. The van der Waals surface area contributed by atoms with E-state index in [0.717, 1.165) is 25.9 Å². The highest BCUT2D eigenvalue weighted by molar-refractivity contribution is 6.19. The highest BCUT2D eigenvalue weighted by Crippen LogP contribution is 2.15. The summed E-state index contributed by atoms with van der Waals surface area (Å²) in [7, 11) is 3.65. The standard InChI is InChI=1S/C13H22N2O2/c1-10(2)12(16)11(9-14(3)4)13(17)15-7-5-6-8-15/h9-10H,5-8H2,1-4H3/b11-9-. The van der Waals surface area contributed by atoms with Crippen LogP contribution in [0, 0.1) is 5.92 Å². The lowest BCUT2D eigenvalue weighted by molar-refractivity contribution is -0.129. The minimum absolute atomic E-state index is 0.0735. The van der Waals surface area contributed by atoms with E-state index in [0.29, 0.717) is 5.57 Å². The third kappa shape index (κ3) is 3.58. The molecular formula is C13H22N2O2. The fraction of sp³-hybridized carbons (Fsp3) is 0.692. The molecule has 1 heterocycles. The Morgan fingerprint density at radius 1 is 1.18 bits per heavy atom. The van der Waals surface area contributed by atoms with Gasteiger partial charge in [-0.25, -0.2) is 0 Å². The Labute approximate surface area is 103 Å². The van der Waals surface area contributed by atoms with Crippen molar-refractivity contribution in [2.75, 3.05) is 27.2 Å². The number of carbonyl (C=O) groups is 2. The van der Waals surface area contributed by atoms with Gasteiger partial charge in [0, 0.05) is 39.3 Å². The van der Waals surface area contributed by atoms with Crippen LogP contribution < -0.4 is 0 Å². The molecule has 4 nitrogen and oxygen atoms in total. The van der Waals surface area contributed by atoms with Gasteiger partial charge in [0.25, 0.3) is 5.91 Å². The Bertz CT molecular complexity index is 326. The Hall–Kier alpha value is -1.32. The second-order valence-corrected chi connectivity index (χ2v) is 5.02. The normalized spacial score (nSPS) is 16.5. The Morgan fingerprint density at radius 3 is 2.12 bits per heavy atom. The Morgan fingerprint density at radius 2 is 1.71 bits per heavy atom. The van der Waals surface area contributed by atoms with Gasteiger partial charge in [0.1, 0.15) is 0 Å². The molecule has 96 valence electrons. The van der Waals surface area contributed by atoms with Gasteiger partial charge in [-0.05, 0) is 12.8 Å². The molecule has 1 fully saturated rings. The molecule has 4 heteroatoms. The third-order valence-corrected chi connectivity index (χ3v) is 2.80. The molecule has 0 radical (unpaired) electrons. The zero-order valence-electron chi connectivity index (χ0n) is 11.2. The van der Waals surface area contributed by atoms with Crippen LogP contribution in [0.15, 0.2) is 11.8 Å². The number of likely N-dealkylation sites (tertiary alicyclic amines) is 1. The lowest BCUT2D eigenvalue weighted by Crippen LogP contribution is -2.33. The quantitative estimate of drug-likeness (QED) is 0.421. The van der Waals surface area contributed by atoms with Crippen LogP contribution in [-0.2, 0) is 9.59 Å². The summed E-state index contributed by atoms with van der Waals surface area (Å²) in [6, 6.07) is 0. The van der Waals surface area contributed by atoms with Crippen molar-refractivity contribution in [3.63, 3.8) is 0 Å². The first kappa shape index (κ1) is 13.7. The summed E-state index contributed by atoms with van der Waals surface area (Å²) >= 11 is 0. The van der Waals surface area contributed by atoms with E-state index in [2.05, 4.69) is 0 Å². The molecule has 1 rings (SSSR count). The smallest absolute Gasteiger partial charge is 0.258 e. The molecule has 0 N–H and O–H groups in total. The summed E-state index contributed by atoms with van der Waals surface area (Å²) in [4.78, 5) is 27.8. The van der Waals surface area contributed by atoms with Crippen molar-refractivity contribution in [3.8, 4) is 0 Å². The largest absolute Gasteiger partial charge is 0.383 e. The first-order valence-electron chi connectivity index (χ1n) is 6.15. The van der Waals surface area contributed by atoms with Gasteiger partial charge in [-0.1, -0.05) is 13.8 Å². The van der Waals surface area contributed by atoms with E-state index < -0.39 is 0 Å². The van der Waals surface area contributed by atoms with Crippen LogP contribution in [0.4, 0.5) is 0 Å². The van der Waals surface area contributed by atoms with Crippen LogP contribution in [0.5, 0.6) is 0 Å². The van der Waals surface area contributed by atoms with E-state index in [9.17, 15) is 9.59 Å². The van der Waals surface area contributed by atoms with E-state index in [1.807, 2.05) is 27.9 Å². The Kier molecular flexibility index (Phi) is 4.73. The van der Waals surface area contributed by atoms with Gasteiger partial charge < -0.3 is 9.80 Å². The lowest BCUT2D eigenvalue weighted by Gasteiger charge is -2.19. The third-order valence-electron chi connectivity index (χ3n) is 2.80. The molecule has 0 aromatic rings. The van der Waals surface area contributed by atoms with Gasteiger partial charge in [-0.2, -0.15) is 0 Å². The van der Waals surface area contributed by atoms with Crippen LogP contribution in [-0.4, -0.2) is 48.7 Å². The Balaban J connectivity index is 2.90. The van der Waals surface area contributed by atoms with Crippen LogP contribution in [0.2, 0.25) is 0 Å². The average molecular weight is 238 g/mol. The summed E-state index contributed by atoms with van der Waals surface area (Å²) in [6.07, 6.45) is 3.72. The first-order valence-corrected chi connectivity index (χ1v) is 6.15. The van der Waals surface area contributed by atoms with Crippen molar-refractivity contribution in [1.82, 2.24) is 9.80 Å². The van der Waals surface area contributed by atoms with Gasteiger partial charge in [-0.3, -0.25) is 9.59 Å². The first-order chi connectivity index (χ1) is 7.93. The topological polar surface area (TPSA) is 40.6 Å². The molecule has 1 aliphatic rings. The number of ketones is 1. The maximum Gasteiger partial charge on any atom is 0.258 e. The highest BCUT2D eigenvalue weighted by Gasteiger charge is 2.27. The van der Waals surface area contributed by atoms with Crippen LogP contribution in [0.25, 0.3) is 0 Å². The van der Waals surface area contributed by atoms with Gasteiger partial charge in [-0.15, -0.1) is 0 Å². The van der Waals surface area contributed by atoms with E-state index in [1.165, 1.54) is 0 Å². The summed E-state index contributed by atoms with van der Waals surface area (Å²) in [5.74, 6) is -0.335. The van der Waals surface area contributed by atoms with Crippen molar-refractivity contribution in [2.24, 2.45) is 5.92 Å². The molecule has 1 saturated heterocycles. The van der Waals surface area contributed by atoms with Crippen molar-refractivity contribution in [1.29, 1.82) is 0 Å². The van der Waals surface area contributed by atoms with Crippen molar-refractivity contribution < 1.29 is 9.59 Å². The predicted molar refractivity (Wildman–Crippen MR) is 67.4 cm³/mol. The molecule has 0 aromatic carbocycles. The van der Waals surface area contributed by atoms with Crippen molar-refractivity contribution in [2.45, 2.75) is 26.7 Å². The fourth-order valence-corrected chi connectivity index (χ4v) is 1.88. The average Bonchev–Trinajstić information content (AvgIpc) is 2.76. The van der Waals surface area contributed by atoms with Crippen molar-refractivity contribution in [3.05, 3.63) is 11.8 Å². The van der Waals surface area contributed by atoms with Gasteiger partial charge in [0.15, 0.2) is 5.78 Å². The summed E-state index contributed by atoms with van der Waals surface area (Å²) in [5.41, 5.74) is 0.312. The molecule has 0 atom stereocenters. The van der Waals surface area contributed by atoms with Crippen LogP contribution in [0.3, 0.4) is 0 Å². The minimum atomic E-state index is -0.146. The number of Topliss-reactive ketones (excluding diaryl/α,β-unsaturated/α-hetero) is 1. The van der Waals surface area contributed by atoms with Gasteiger partial charge in [0.2, 0.25) is 0 Å². The number of rotatable bonds is 4. The molecule has 17 heavy (non-hydrogen) atoms. The van der Waals surface area contributed by atoms with Gasteiger partial charge in [0.05, 0.1) is 5.57 Å². The number of nitrogens with zero attached hydrogens (tertiary/aromatic N) is 2. The number of amides is 1. The monoisotopic (exact) mass is 238 g/mol. The molecule has 0 aliphatic carbocycles. The zero-order chi connectivity index (χ0) is 13.0. The molecule has 0 spiro atoms. The summed E-state index contributed by atoms with van der Waals surface area (Å²) in [6.45, 7) is 5.19. The second kappa shape index (κ2) is 5.84. The molecule has 0 saturated carbocycles. The molecule has 1 aliphatic heterocycles. The van der Waals surface area contributed by atoms with Crippen molar-refractivity contribution >= 4 is 11.7 Å². The highest BCUT2D eigenvalue weighted by atomic mass is 16.2. The molecule has 0 unspecified atom stereocenters. The van der Waals surface area contributed by atoms with Gasteiger partial charge >= 0.3 is 0 Å². The second-order valence-electron chi connectivity index (χ2n) is 5.02.